The Hall–Kier alpha value is -1.99. The molecule has 0 unspecified atom stereocenters. The second kappa shape index (κ2) is 9.01. The third kappa shape index (κ3) is 7.85. The van der Waals surface area contributed by atoms with Gasteiger partial charge < -0.3 is 26.0 Å². The minimum Gasteiger partial charge on any atom is -0.480 e. The van der Waals surface area contributed by atoms with Crippen LogP contribution >= 0.6 is 0 Å². The van der Waals surface area contributed by atoms with Crippen LogP contribution < -0.4 is 16.0 Å². The Kier molecular flexibility index (Phi) is 8.07. The lowest BCUT2D eigenvalue weighted by molar-refractivity contribution is -0.139. The second-order valence-electron chi connectivity index (χ2n) is 4.21. The number of hydrogen-bond acceptors (Lipinski definition) is 3. The number of hydrogen-bond donors (Lipinski definition) is 4. The maximum absolute atomic E-state index is 11.4. The number of nitrogens with one attached hydrogen (secondary N) is 3. The summed E-state index contributed by atoms with van der Waals surface area (Å²) in [7, 11) is 3.22. The van der Waals surface area contributed by atoms with Crippen molar-refractivity contribution in [1.82, 2.24) is 20.9 Å². The molecule has 110 valence electrons. The van der Waals surface area contributed by atoms with E-state index in [2.05, 4.69) is 16.0 Å². The first-order valence-corrected chi connectivity index (χ1v) is 6.10. The molecule has 1 atom stereocenters. The molecule has 8 nitrogen and oxygen atoms in total. The molecule has 0 heterocycles. The molecule has 0 aliphatic heterocycles. The van der Waals surface area contributed by atoms with Crippen molar-refractivity contribution in [3.63, 3.8) is 0 Å². The molecule has 0 radical (unpaired) electrons. The molecule has 19 heavy (non-hydrogen) atoms. The third-order valence-corrected chi connectivity index (χ3v) is 2.27. The monoisotopic (exact) mass is 274 g/mol. The van der Waals surface area contributed by atoms with Gasteiger partial charge in [-0.05, 0) is 6.42 Å². The highest BCUT2D eigenvalue weighted by Crippen LogP contribution is 1.96. The second-order valence-corrected chi connectivity index (χ2v) is 4.21. The number of carbonyl (C=O) groups excluding carboxylic acids is 2. The summed E-state index contributed by atoms with van der Waals surface area (Å²) in [6.07, 6.45) is 1.04. The highest BCUT2D eigenvalue weighted by molar-refractivity contribution is 5.82. The molecular weight excluding hydrogens is 252 g/mol. The highest BCUT2D eigenvalue weighted by Gasteiger charge is 2.18. The number of carboxylic acids is 1. The van der Waals surface area contributed by atoms with Gasteiger partial charge in [0.25, 0.3) is 0 Å². The van der Waals surface area contributed by atoms with Crippen LogP contribution in [-0.2, 0) is 4.79 Å². The van der Waals surface area contributed by atoms with E-state index in [9.17, 15) is 14.4 Å². The first-order chi connectivity index (χ1) is 8.88. The summed E-state index contributed by atoms with van der Waals surface area (Å²) >= 11 is 0. The molecule has 0 bridgehead atoms. The number of carboxylic acid groups (broad SMARTS) is 1. The summed E-state index contributed by atoms with van der Waals surface area (Å²) in [6, 6.07) is -1.70. The molecule has 0 aromatic carbocycles. The molecule has 0 aromatic rings. The van der Waals surface area contributed by atoms with E-state index in [1.165, 1.54) is 4.90 Å². The van der Waals surface area contributed by atoms with Crippen LogP contribution in [0, 0.1) is 0 Å². The van der Waals surface area contributed by atoms with Crippen LogP contribution in [0.1, 0.15) is 19.8 Å². The quantitative estimate of drug-likeness (QED) is 0.482. The molecule has 4 N–H and O–H groups in total. The van der Waals surface area contributed by atoms with Gasteiger partial charge in [-0.3, -0.25) is 0 Å². The van der Waals surface area contributed by atoms with Crippen molar-refractivity contribution >= 4 is 18.0 Å². The lowest BCUT2D eigenvalue weighted by Gasteiger charge is -2.15. The summed E-state index contributed by atoms with van der Waals surface area (Å²) < 4.78 is 0. The van der Waals surface area contributed by atoms with Gasteiger partial charge in [-0.2, -0.15) is 0 Å². The highest BCUT2D eigenvalue weighted by atomic mass is 16.4. The Balaban J connectivity index is 3.86. The third-order valence-electron chi connectivity index (χ3n) is 2.27. The lowest BCUT2D eigenvalue weighted by Crippen LogP contribution is -2.48. The normalized spacial score (nSPS) is 11.3. The van der Waals surface area contributed by atoms with E-state index >= 15 is 0 Å². The smallest absolute Gasteiger partial charge is 0.326 e. The van der Waals surface area contributed by atoms with Gasteiger partial charge in [-0.25, -0.2) is 14.4 Å². The van der Waals surface area contributed by atoms with Crippen molar-refractivity contribution in [3.05, 3.63) is 0 Å². The van der Waals surface area contributed by atoms with E-state index in [-0.39, 0.29) is 19.1 Å². The summed E-state index contributed by atoms with van der Waals surface area (Å²) in [5, 5.41) is 16.3. The predicted molar refractivity (Wildman–Crippen MR) is 70.0 cm³/mol. The predicted octanol–water partition coefficient (Wildman–Crippen LogP) is -0.190. The van der Waals surface area contributed by atoms with Crippen LogP contribution in [0.3, 0.4) is 0 Å². The number of nitrogens with zero attached hydrogens (tertiary/aromatic N) is 1. The van der Waals surface area contributed by atoms with E-state index in [1.807, 2.05) is 6.92 Å². The molecule has 0 rings (SSSR count). The van der Waals surface area contributed by atoms with Crippen molar-refractivity contribution in [1.29, 1.82) is 0 Å². The average Bonchev–Trinajstić information content (AvgIpc) is 2.33. The SMILES string of the molecule is CCC[C@@H](NC(=O)NCCNC(=O)N(C)C)C(=O)O. The Morgan fingerprint density at radius 1 is 1.16 bits per heavy atom. The van der Waals surface area contributed by atoms with E-state index in [4.69, 9.17) is 5.11 Å². The Morgan fingerprint density at radius 2 is 1.74 bits per heavy atom. The zero-order valence-corrected chi connectivity index (χ0v) is 11.5. The molecule has 0 aromatic heterocycles. The van der Waals surface area contributed by atoms with Crippen LogP contribution in [0.2, 0.25) is 0 Å². The molecule has 0 aliphatic carbocycles. The summed E-state index contributed by atoms with van der Waals surface area (Å²) in [5.41, 5.74) is 0. The Labute approximate surface area is 112 Å². The zero-order valence-electron chi connectivity index (χ0n) is 11.5. The number of urea groups is 2. The van der Waals surface area contributed by atoms with Gasteiger partial charge in [0.2, 0.25) is 0 Å². The van der Waals surface area contributed by atoms with Crippen molar-refractivity contribution in [3.8, 4) is 0 Å². The molecule has 0 aliphatic rings. The topological polar surface area (TPSA) is 111 Å². The molecule has 4 amide bonds. The maximum atomic E-state index is 11.4. The summed E-state index contributed by atoms with van der Waals surface area (Å²) in [6.45, 7) is 2.34. The van der Waals surface area contributed by atoms with Gasteiger partial charge in [0.1, 0.15) is 6.04 Å². The van der Waals surface area contributed by atoms with Gasteiger partial charge >= 0.3 is 18.0 Å². The lowest BCUT2D eigenvalue weighted by atomic mass is 10.2. The maximum Gasteiger partial charge on any atom is 0.326 e. The Bertz CT molecular complexity index is 320. The van der Waals surface area contributed by atoms with E-state index in [0.717, 1.165) is 0 Å². The fourth-order valence-electron chi connectivity index (χ4n) is 1.26. The molecule has 0 saturated heterocycles. The van der Waals surface area contributed by atoms with Crippen LogP contribution in [0.5, 0.6) is 0 Å². The van der Waals surface area contributed by atoms with Crippen LogP contribution in [0.25, 0.3) is 0 Å². The molecule has 0 fully saturated rings. The number of aliphatic carboxylic acids is 1. The fraction of sp³-hybridized carbons (Fsp3) is 0.727. The number of rotatable bonds is 7. The van der Waals surface area contributed by atoms with Crippen LogP contribution in [0.4, 0.5) is 9.59 Å². The van der Waals surface area contributed by atoms with Crippen molar-refractivity contribution in [2.45, 2.75) is 25.8 Å². The average molecular weight is 274 g/mol. The standard InChI is InChI=1S/C11H22N4O4/c1-4-5-8(9(16)17)14-10(18)12-6-7-13-11(19)15(2)3/h8H,4-7H2,1-3H3,(H,13,19)(H,16,17)(H2,12,14,18)/t8-/m1/s1. The largest absolute Gasteiger partial charge is 0.480 e. The van der Waals surface area contributed by atoms with Gasteiger partial charge in [-0.15, -0.1) is 0 Å². The van der Waals surface area contributed by atoms with E-state index in [0.29, 0.717) is 12.8 Å². The van der Waals surface area contributed by atoms with Gasteiger partial charge in [-0.1, -0.05) is 13.3 Å². The minimum absolute atomic E-state index is 0.226. The molecule has 0 saturated carbocycles. The van der Waals surface area contributed by atoms with Gasteiger partial charge in [0, 0.05) is 27.2 Å². The van der Waals surface area contributed by atoms with Crippen molar-refractivity contribution in [2.75, 3.05) is 27.2 Å². The van der Waals surface area contributed by atoms with E-state index in [1.54, 1.807) is 14.1 Å². The van der Waals surface area contributed by atoms with Gasteiger partial charge in [0.15, 0.2) is 0 Å². The first kappa shape index (κ1) is 17.0. The van der Waals surface area contributed by atoms with Crippen LogP contribution in [0.15, 0.2) is 0 Å². The van der Waals surface area contributed by atoms with E-state index < -0.39 is 18.0 Å². The summed E-state index contributed by atoms with van der Waals surface area (Å²) in [4.78, 5) is 34.7. The molecule has 0 spiro atoms. The minimum atomic E-state index is -1.06. The number of carbonyl (C=O) groups is 3. The zero-order chi connectivity index (χ0) is 14.8. The van der Waals surface area contributed by atoms with Crippen molar-refractivity contribution in [2.24, 2.45) is 0 Å². The van der Waals surface area contributed by atoms with Crippen LogP contribution in [-0.4, -0.2) is 61.3 Å². The first-order valence-electron chi connectivity index (χ1n) is 6.10. The summed E-state index contributed by atoms with van der Waals surface area (Å²) in [5.74, 6) is -1.06. The molecular formula is C11H22N4O4. The van der Waals surface area contributed by atoms with Gasteiger partial charge in [0.05, 0.1) is 0 Å². The number of amides is 4. The Morgan fingerprint density at radius 3 is 2.21 bits per heavy atom. The molecule has 8 heteroatoms. The van der Waals surface area contributed by atoms with Crippen molar-refractivity contribution < 1.29 is 19.5 Å². The fourth-order valence-corrected chi connectivity index (χ4v) is 1.26.